The molecule has 0 radical (unpaired) electrons. The molecule has 0 saturated carbocycles. The van der Waals surface area contributed by atoms with Crippen molar-refractivity contribution in [3.05, 3.63) is 23.4 Å². The smallest absolute Gasteiger partial charge is 0.339 e. The summed E-state index contributed by atoms with van der Waals surface area (Å²) in [6, 6.07) is 0. The van der Waals surface area contributed by atoms with Gasteiger partial charge in [0.25, 0.3) is 0 Å². The van der Waals surface area contributed by atoms with Gasteiger partial charge >= 0.3 is 12.5 Å². The Morgan fingerprint density at radius 2 is 2.13 bits per heavy atom. The first-order valence-corrected chi connectivity index (χ1v) is 4.51. The molecule has 0 aliphatic rings. The van der Waals surface area contributed by atoms with Crippen LogP contribution >= 0.6 is 0 Å². The fraction of sp³-hybridized carbons (Fsp3) is 0.500. The van der Waals surface area contributed by atoms with Crippen LogP contribution in [0.25, 0.3) is 0 Å². The summed E-state index contributed by atoms with van der Waals surface area (Å²) in [4.78, 5) is 11.2. The molecule has 0 spiro atoms. The molecule has 15 heavy (non-hydrogen) atoms. The van der Waals surface area contributed by atoms with Crippen molar-refractivity contribution < 1.29 is 18.3 Å². The summed E-state index contributed by atoms with van der Waals surface area (Å²) >= 11 is 0. The fourth-order valence-corrected chi connectivity index (χ4v) is 0.798. The molecule has 3 nitrogen and oxygen atoms in total. The first-order valence-electron chi connectivity index (χ1n) is 4.51. The number of nitrogens with one attached hydrogen (secondary N) is 1. The Kier molecular flexibility index (Phi) is 6.33. The topological polar surface area (TPSA) is 38.3 Å². The number of carbonyl (C=O) groups excluding carboxylic acids is 1. The maximum absolute atomic E-state index is 11.9. The monoisotopic (exact) mass is 219 g/mol. The van der Waals surface area contributed by atoms with E-state index in [0.717, 1.165) is 18.2 Å². The summed E-state index contributed by atoms with van der Waals surface area (Å²) < 4.78 is 28.2. The fourth-order valence-electron chi connectivity index (χ4n) is 0.798. The van der Waals surface area contributed by atoms with Crippen molar-refractivity contribution >= 4 is 5.97 Å². The minimum absolute atomic E-state index is 0.0807. The zero-order valence-electron chi connectivity index (χ0n) is 9.01. The Bertz CT molecular complexity index is 273. The zero-order valence-corrected chi connectivity index (χ0v) is 9.01. The highest BCUT2D eigenvalue weighted by molar-refractivity contribution is 5.91. The molecule has 0 rings (SSSR count). The first kappa shape index (κ1) is 13.6. The van der Waals surface area contributed by atoms with Gasteiger partial charge in [-0.1, -0.05) is 12.5 Å². The number of allylic oxidation sites excluding steroid dienone is 1. The van der Waals surface area contributed by atoms with E-state index in [0.29, 0.717) is 0 Å². The lowest BCUT2D eigenvalue weighted by Crippen LogP contribution is -2.16. The molecule has 0 aromatic rings. The van der Waals surface area contributed by atoms with Crippen LogP contribution in [0.1, 0.15) is 20.3 Å². The van der Waals surface area contributed by atoms with Crippen molar-refractivity contribution in [3.8, 4) is 0 Å². The van der Waals surface area contributed by atoms with Crippen LogP contribution in [0.5, 0.6) is 0 Å². The number of rotatable bonds is 5. The molecule has 0 bridgehead atoms. The third kappa shape index (κ3) is 5.83. The number of methoxy groups -OCH3 is 1. The number of hydrogen-bond acceptors (Lipinski definition) is 3. The third-order valence-corrected chi connectivity index (χ3v) is 1.75. The Morgan fingerprint density at radius 1 is 1.53 bits per heavy atom. The molecular formula is C10H15F2NO2. The summed E-state index contributed by atoms with van der Waals surface area (Å²) in [5.41, 5.74) is 0.986. The highest BCUT2D eigenvalue weighted by Crippen LogP contribution is 2.07. The first-order chi connectivity index (χ1) is 7.01. The van der Waals surface area contributed by atoms with E-state index in [-0.39, 0.29) is 5.57 Å². The number of ether oxygens (including phenoxy) is 1. The van der Waals surface area contributed by atoms with Gasteiger partial charge < -0.3 is 10.1 Å². The van der Waals surface area contributed by atoms with Gasteiger partial charge in [0, 0.05) is 6.20 Å². The predicted molar refractivity (Wildman–Crippen MR) is 53.3 cm³/mol. The molecule has 0 aromatic carbocycles. The van der Waals surface area contributed by atoms with Crippen LogP contribution in [0.3, 0.4) is 0 Å². The SMILES string of the molecule is CC/C(C)=C\C(=C/NC(F)F)C(=O)OC. The van der Waals surface area contributed by atoms with Crippen LogP contribution in [0, 0.1) is 0 Å². The van der Waals surface area contributed by atoms with Crippen LogP contribution in [-0.2, 0) is 9.53 Å². The number of carbonyl (C=O) groups is 1. The standard InChI is InChI=1S/C10H15F2NO2/c1-4-7(2)5-8(9(14)15-3)6-13-10(11)12/h5-6,10,13H,4H2,1-3H3/b7-5-,8-6+. The zero-order chi connectivity index (χ0) is 11.8. The molecule has 0 fully saturated rings. The number of hydrogen-bond donors (Lipinski definition) is 1. The maximum atomic E-state index is 11.9. The Balaban J connectivity index is 4.73. The van der Waals surface area contributed by atoms with Crippen molar-refractivity contribution in [2.75, 3.05) is 7.11 Å². The molecule has 0 amide bonds. The molecule has 0 aliphatic carbocycles. The van der Waals surface area contributed by atoms with Crippen LogP contribution < -0.4 is 5.32 Å². The van der Waals surface area contributed by atoms with Crippen molar-refractivity contribution in [1.82, 2.24) is 5.32 Å². The molecule has 0 atom stereocenters. The Morgan fingerprint density at radius 3 is 2.53 bits per heavy atom. The van der Waals surface area contributed by atoms with Gasteiger partial charge in [-0.2, -0.15) is 8.78 Å². The normalized spacial score (nSPS) is 12.9. The van der Waals surface area contributed by atoms with E-state index in [1.54, 1.807) is 12.2 Å². The summed E-state index contributed by atoms with van der Waals surface area (Å²) in [6.07, 6.45) is 3.21. The van der Waals surface area contributed by atoms with Crippen molar-refractivity contribution in [3.63, 3.8) is 0 Å². The average Bonchev–Trinajstić information content (AvgIpc) is 2.22. The van der Waals surface area contributed by atoms with E-state index in [1.807, 2.05) is 6.92 Å². The van der Waals surface area contributed by atoms with Crippen LogP contribution in [-0.4, -0.2) is 19.6 Å². The molecule has 0 saturated heterocycles. The summed E-state index contributed by atoms with van der Waals surface area (Å²) in [6.45, 7) is 1.01. The van der Waals surface area contributed by atoms with Crippen LogP contribution in [0.2, 0.25) is 0 Å². The molecule has 0 aromatic heterocycles. The molecule has 0 unspecified atom stereocenters. The highest BCUT2D eigenvalue weighted by atomic mass is 19.3. The highest BCUT2D eigenvalue weighted by Gasteiger charge is 2.07. The van der Waals surface area contributed by atoms with E-state index >= 15 is 0 Å². The van der Waals surface area contributed by atoms with Crippen LogP contribution in [0.4, 0.5) is 8.78 Å². The molecule has 5 heteroatoms. The van der Waals surface area contributed by atoms with Crippen molar-refractivity contribution in [2.24, 2.45) is 0 Å². The third-order valence-electron chi connectivity index (χ3n) is 1.75. The second-order valence-corrected chi connectivity index (χ2v) is 2.90. The van der Waals surface area contributed by atoms with Gasteiger partial charge in [0.05, 0.1) is 12.7 Å². The quantitative estimate of drug-likeness (QED) is 0.333. The van der Waals surface area contributed by atoms with Crippen molar-refractivity contribution in [1.29, 1.82) is 0 Å². The second kappa shape index (κ2) is 6.98. The molecule has 1 N–H and O–H groups in total. The lowest BCUT2D eigenvalue weighted by Gasteiger charge is -2.03. The van der Waals surface area contributed by atoms with Crippen molar-refractivity contribution in [2.45, 2.75) is 26.8 Å². The predicted octanol–water partition coefficient (Wildman–Crippen LogP) is 2.21. The molecular weight excluding hydrogens is 204 g/mol. The Labute approximate surface area is 87.8 Å². The molecule has 86 valence electrons. The van der Waals surface area contributed by atoms with Gasteiger partial charge in [-0.3, -0.25) is 0 Å². The largest absolute Gasteiger partial charge is 0.465 e. The molecule has 0 aliphatic heterocycles. The van der Waals surface area contributed by atoms with Gasteiger partial charge in [0.1, 0.15) is 0 Å². The maximum Gasteiger partial charge on any atom is 0.339 e. The van der Waals surface area contributed by atoms with E-state index in [2.05, 4.69) is 4.74 Å². The number of halogens is 2. The van der Waals surface area contributed by atoms with Gasteiger partial charge in [-0.25, -0.2) is 4.79 Å². The summed E-state index contributed by atoms with van der Waals surface area (Å²) in [7, 11) is 1.20. The van der Waals surface area contributed by atoms with Gasteiger partial charge in [-0.15, -0.1) is 0 Å². The van der Waals surface area contributed by atoms with Crippen LogP contribution in [0.15, 0.2) is 23.4 Å². The number of esters is 1. The summed E-state index contributed by atoms with van der Waals surface area (Å²) in [5.74, 6) is -0.643. The minimum Gasteiger partial charge on any atom is -0.465 e. The van der Waals surface area contributed by atoms with Gasteiger partial charge in [0.15, 0.2) is 0 Å². The van der Waals surface area contributed by atoms with E-state index in [4.69, 9.17) is 0 Å². The lowest BCUT2D eigenvalue weighted by molar-refractivity contribution is -0.135. The second-order valence-electron chi connectivity index (χ2n) is 2.90. The van der Waals surface area contributed by atoms with Gasteiger partial charge in [-0.05, 0) is 19.4 Å². The minimum atomic E-state index is -2.69. The lowest BCUT2D eigenvalue weighted by atomic mass is 10.1. The van der Waals surface area contributed by atoms with E-state index in [1.165, 1.54) is 13.2 Å². The number of alkyl halides is 2. The summed E-state index contributed by atoms with van der Waals surface area (Å²) in [5, 5.41) is 1.75. The van der Waals surface area contributed by atoms with E-state index < -0.39 is 12.5 Å². The van der Waals surface area contributed by atoms with E-state index in [9.17, 15) is 13.6 Å². The van der Waals surface area contributed by atoms with Gasteiger partial charge in [0.2, 0.25) is 0 Å². The Hall–Kier alpha value is -1.39. The average molecular weight is 219 g/mol. The molecule has 0 heterocycles.